The van der Waals surface area contributed by atoms with Crippen molar-refractivity contribution in [3.8, 4) is 0 Å². The number of nitrogens with two attached hydrogens (primary N) is 1. The Balaban J connectivity index is 2.16. The van der Waals surface area contributed by atoms with Gasteiger partial charge in [0.2, 0.25) is 5.91 Å². The van der Waals surface area contributed by atoms with Crippen LogP contribution in [0.2, 0.25) is 0 Å². The highest BCUT2D eigenvalue weighted by molar-refractivity contribution is 7.90. The molecule has 0 aliphatic carbocycles. The summed E-state index contributed by atoms with van der Waals surface area (Å²) in [6.07, 6.45) is 2.80. The average Bonchev–Trinajstić information content (AvgIpc) is 2.38. The first-order chi connectivity index (χ1) is 9.79. The van der Waals surface area contributed by atoms with Gasteiger partial charge in [-0.15, -0.1) is 0 Å². The van der Waals surface area contributed by atoms with E-state index in [-0.39, 0.29) is 16.8 Å². The van der Waals surface area contributed by atoms with Crippen LogP contribution in [-0.4, -0.2) is 39.7 Å². The van der Waals surface area contributed by atoms with Crippen LogP contribution in [0.3, 0.4) is 0 Å². The number of piperidine rings is 1. The van der Waals surface area contributed by atoms with Gasteiger partial charge in [0, 0.05) is 32.3 Å². The summed E-state index contributed by atoms with van der Waals surface area (Å²) >= 11 is 0. The summed E-state index contributed by atoms with van der Waals surface area (Å²) in [5.41, 5.74) is 7.08. The highest BCUT2D eigenvalue weighted by Gasteiger charge is 2.23. The van der Waals surface area contributed by atoms with Gasteiger partial charge >= 0.3 is 0 Å². The third kappa shape index (κ3) is 3.66. The second kappa shape index (κ2) is 5.93. The molecule has 7 heteroatoms. The number of hydrogen-bond donors (Lipinski definition) is 2. The van der Waals surface area contributed by atoms with Crippen molar-refractivity contribution in [3.05, 3.63) is 18.2 Å². The minimum absolute atomic E-state index is 0.0213. The molecule has 1 saturated heterocycles. The Kier molecular flexibility index (Phi) is 4.41. The van der Waals surface area contributed by atoms with Gasteiger partial charge in [0.15, 0.2) is 9.84 Å². The number of nitrogens with zero attached hydrogens (tertiary/aromatic N) is 1. The maximum Gasteiger partial charge on any atom is 0.217 e. The number of para-hydroxylation sites is 1. The molecule has 1 fully saturated rings. The van der Waals surface area contributed by atoms with E-state index >= 15 is 0 Å². The zero-order valence-electron chi connectivity index (χ0n) is 12.3. The molecule has 116 valence electrons. The van der Waals surface area contributed by atoms with Crippen molar-refractivity contribution in [2.24, 2.45) is 0 Å². The molecule has 0 radical (unpaired) electrons. The molecule has 1 aromatic rings. The van der Waals surface area contributed by atoms with Crippen LogP contribution in [0, 0.1) is 0 Å². The van der Waals surface area contributed by atoms with E-state index in [0.717, 1.165) is 37.9 Å². The SMILES string of the molecule is CC(=O)NC1CCN(c2cccc(S(C)(=O)=O)c2N)CC1. The number of amides is 1. The Labute approximate surface area is 125 Å². The fourth-order valence-electron chi connectivity index (χ4n) is 2.68. The Morgan fingerprint density at radius 3 is 2.48 bits per heavy atom. The summed E-state index contributed by atoms with van der Waals surface area (Å²) in [5, 5.41) is 2.91. The van der Waals surface area contributed by atoms with E-state index in [9.17, 15) is 13.2 Å². The lowest BCUT2D eigenvalue weighted by molar-refractivity contribution is -0.119. The van der Waals surface area contributed by atoms with E-state index in [1.54, 1.807) is 6.07 Å². The van der Waals surface area contributed by atoms with Crippen molar-refractivity contribution in [3.63, 3.8) is 0 Å². The average molecular weight is 311 g/mol. The van der Waals surface area contributed by atoms with Crippen LogP contribution in [0.4, 0.5) is 11.4 Å². The normalized spacial score (nSPS) is 16.8. The van der Waals surface area contributed by atoms with Crippen molar-refractivity contribution in [1.82, 2.24) is 5.32 Å². The standard InChI is InChI=1S/C14H21N3O3S/c1-10(18)16-11-6-8-17(9-7-11)12-4-3-5-13(14(12)15)21(2,19)20/h3-5,11H,6-9,15H2,1-2H3,(H,16,18). The van der Waals surface area contributed by atoms with Crippen molar-refractivity contribution in [1.29, 1.82) is 0 Å². The first-order valence-corrected chi connectivity index (χ1v) is 8.79. The highest BCUT2D eigenvalue weighted by atomic mass is 32.2. The fraction of sp³-hybridized carbons (Fsp3) is 0.500. The van der Waals surface area contributed by atoms with Gasteiger partial charge in [-0.25, -0.2) is 8.42 Å². The number of nitrogen functional groups attached to an aromatic ring is 1. The number of carbonyl (C=O) groups is 1. The molecule has 1 heterocycles. The Bertz CT molecular complexity index is 635. The predicted octanol–water partition coefficient (Wildman–Crippen LogP) is 0.777. The van der Waals surface area contributed by atoms with Gasteiger partial charge in [-0.2, -0.15) is 0 Å². The second-order valence-corrected chi connectivity index (χ2v) is 7.41. The summed E-state index contributed by atoms with van der Waals surface area (Å²) in [6, 6.07) is 5.25. The van der Waals surface area contributed by atoms with Gasteiger partial charge in [-0.3, -0.25) is 4.79 Å². The number of rotatable bonds is 3. The topological polar surface area (TPSA) is 92.5 Å². The van der Waals surface area contributed by atoms with Crippen molar-refractivity contribution in [2.45, 2.75) is 30.7 Å². The van der Waals surface area contributed by atoms with Crippen LogP contribution >= 0.6 is 0 Å². The minimum atomic E-state index is -3.33. The lowest BCUT2D eigenvalue weighted by Crippen LogP contribution is -2.44. The van der Waals surface area contributed by atoms with Crippen LogP contribution in [0.15, 0.2) is 23.1 Å². The number of sulfone groups is 1. The van der Waals surface area contributed by atoms with Crippen LogP contribution in [0.25, 0.3) is 0 Å². The quantitative estimate of drug-likeness (QED) is 0.805. The van der Waals surface area contributed by atoms with Gasteiger partial charge in [0.1, 0.15) is 0 Å². The zero-order valence-corrected chi connectivity index (χ0v) is 13.1. The summed E-state index contributed by atoms with van der Waals surface area (Å²) in [5.74, 6) is -0.0213. The minimum Gasteiger partial charge on any atom is -0.396 e. The summed E-state index contributed by atoms with van der Waals surface area (Å²) in [7, 11) is -3.33. The Morgan fingerprint density at radius 2 is 1.95 bits per heavy atom. The molecule has 1 aliphatic heterocycles. The first kappa shape index (κ1) is 15.6. The largest absolute Gasteiger partial charge is 0.396 e. The molecule has 1 aromatic carbocycles. The molecule has 0 bridgehead atoms. The molecule has 3 N–H and O–H groups in total. The second-order valence-electron chi connectivity index (χ2n) is 5.42. The van der Waals surface area contributed by atoms with Crippen molar-refractivity contribution in [2.75, 3.05) is 30.0 Å². The Hall–Kier alpha value is -1.76. The molecule has 21 heavy (non-hydrogen) atoms. The monoisotopic (exact) mass is 311 g/mol. The molecule has 1 amide bonds. The smallest absolute Gasteiger partial charge is 0.217 e. The van der Waals surface area contributed by atoms with E-state index in [0.29, 0.717) is 5.69 Å². The zero-order chi connectivity index (χ0) is 15.6. The van der Waals surface area contributed by atoms with Gasteiger partial charge in [-0.05, 0) is 25.0 Å². The summed E-state index contributed by atoms with van der Waals surface area (Å²) in [4.78, 5) is 13.3. The number of carbonyl (C=O) groups excluding carboxylic acids is 1. The lowest BCUT2D eigenvalue weighted by Gasteiger charge is -2.34. The molecule has 0 atom stereocenters. The van der Waals surface area contributed by atoms with Gasteiger partial charge in [-0.1, -0.05) is 6.07 Å². The fourth-order valence-corrected chi connectivity index (χ4v) is 3.51. The predicted molar refractivity (Wildman–Crippen MR) is 83.0 cm³/mol. The van der Waals surface area contributed by atoms with E-state index in [4.69, 9.17) is 5.73 Å². The van der Waals surface area contributed by atoms with Crippen LogP contribution < -0.4 is 16.0 Å². The van der Waals surface area contributed by atoms with Crippen LogP contribution in [0.1, 0.15) is 19.8 Å². The van der Waals surface area contributed by atoms with Crippen molar-refractivity contribution >= 4 is 27.1 Å². The highest BCUT2D eigenvalue weighted by Crippen LogP contribution is 2.31. The summed E-state index contributed by atoms with van der Waals surface area (Å²) < 4.78 is 23.4. The van der Waals surface area contributed by atoms with E-state index in [1.807, 2.05) is 6.07 Å². The maximum absolute atomic E-state index is 11.7. The number of benzene rings is 1. The first-order valence-electron chi connectivity index (χ1n) is 6.89. The molecule has 0 unspecified atom stereocenters. The molecule has 0 saturated carbocycles. The molecular weight excluding hydrogens is 290 g/mol. The van der Waals surface area contributed by atoms with Crippen LogP contribution in [-0.2, 0) is 14.6 Å². The molecule has 1 aliphatic rings. The van der Waals surface area contributed by atoms with Gasteiger partial charge in [0.25, 0.3) is 0 Å². The van der Waals surface area contributed by atoms with E-state index in [2.05, 4.69) is 10.2 Å². The Morgan fingerprint density at radius 1 is 1.33 bits per heavy atom. The number of nitrogens with one attached hydrogen (secondary N) is 1. The van der Waals surface area contributed by atoms with E-state index < -0.39 is 9.84 Å². The third-order valence-electron chi connectivity index (χ3n) is 3.69. The van der Waals surface area contributed by atoms with Crippen LogP contribution in [0.5, 0.6) is 0 Å². The number of hydrogen-bond acceptors (Lipinski definition) is 5. The lowest BCUT2D eigenvalue weighted by atomic mass is 10.0. The molecular formula is C14H21N3O3S. The van der Waals surface area contributed by atoms with Gasteiger partial charge < -0.3 is 16.0 Å². The number of anilines is 2. The molecule has 0 aromatic heterocycles. The van der Waals surface area contributed by atoms with Crippen molar-refractivity contribution < 1.29 is 13.2 Å². The summed E-state index contributed by atoms with van der Waals surface area (Å²) in [6.45, 7) is 2.99. The maximum atomic E-state index is 11.7. The molecule has 2 rings (SSSR count). The van der Waals surface area contributed by atoms with E-state index in [1.165, 1.54) is 13.0 Å². The third-order valence-corrected chi connectivity index (χ3v) is 4.84. The van der Waals surface area contributed by atoms with Gasteiger partial charge in [0.05, 0.1) is 16.3 Å². The molecule has 6 nitrogen and oxygen atoms in total. The molecule has 0 spiro atoms.